The molecule has 24 heavy (non-hydrogen) atoms. The number of nitrogens with zero attached hydrogens (tertiary/aromatic N) is 2. The third kappa shape index (κ3) is 3.02. The minimum absolute atomic E-state index is 0.0224. The highest BCUT2D eigenvalue weighted by Crippen LogP contribution is 2.38. The molecule has 2 unspecified atom stereocenters. The first kappa shape index (κ1) is 16.9. The van der Waals surface area contributed by atoms with Crippen LogP contribution in [0, 0.1) is 13.8 Å². The van der Waals surface area contributed by atoms with Gasteiger partial charge in [-0.2, -0.15) is 0 Å². The Morgan fingerprint density at radius 3 is 2.79 bits per heavy atom. The Labute approximate surface area is 144 Å². The van der Waals surface area contributed by atoms with Crippen LogP contribution in [0.15, 0.2) is 18.2 Å². The second-order valence-corrected chi connectivity index (χ2v) is 7.27. The van der Waals surface area contributed by atoms with Gasteiger partial charge in [0.1, 0.15) is 5.75 Å². The molecule has 2 aromatic rings. The lowest BCUT2D eigenvalue weighted by atomic mass is 10.1. The van der Waals surface area contributed by atoms with Crippen molar-refractivity contribution in [3.05, 3.63) is 28.1 Å². The number of benzene rings is 1. The van der Waals surface area contributed by atoms with Gasteiger partial charge in [-0.25, -0.2) is 4.98 Å². The van der Waals surface area contributed by atoms with Gasteiger partial charge in [0.2, 0.25) is 0 Å². The van der Waals surface area contributed by atoms with Crippen LogP contribution in [0.2, 0.25) is 0 Å². The molecule has 3 rings (SSSR count). The predicted molar refractivity (Wildman–Crippen MR) is 92.6 cm³/mol. The van der Waals surface area contributed by atoms with E-state index < -0.39 is 18.8 Å². The van der Waals surface area contributed by atoms with Gasteiger partial charge in [0.05, 0.1) is 35.6 Å². The van der Waals surface area contributed by atoms with Crippen molar-refractivity contribution < 1.29 is 19.7 Å². The third-order valence-corrected chi connectivity index (χ3v) is 4.83. The van der Waals surface area contributed by atoms with Crippen molar-refractivity contribution in [1.82, 2.24) is 4.98 Å². The number of β-amino-alcohol motifs (C(OH)–C–C–N with tert-alkyl or cyclic N) is 1. The number of fused-ring (bicyclic) bond motifs is 1. The van der Waals surface area contributed by atoms with Crippen LogP contribution in [0.3, 0.4) is 0 Å². The van der Waals surface area contributed by atoms with E-state index in [1.54, 1.807) is 18.3 Å². The summed E-state index contributed by atoms with van der Waals surface area (Å²) in [4.78, 5) is 19.6. The molecule has 1 aromatic carbocycles. The molecule has 2 heterocycles. The lowest BCUT2D eigenvalue weighted by Crippen LogP contribution is -2.48. The number of carbonyl (C=O) groups is 1. The largest absolute Gasteiger partial charge is 0.479 e. The van der Waals surface area contributed by atoms with E-state index in [0.29, 0.717) is 11.4 Å². The first-order valence-corrected chi connectivity index (χ1v) is 8.57. The highest BCUT2D eigenvalue weighted by molar-refractivity contribution is 7.11. The normalized spacial score (nSPS) is 18.3. The van der Waals surface area contributed by atoms with E-state index in [-0.39, 0.29) is 12.5 Å². The van der Waals surface area contributed by atoms with Gasteiger partial charge in [0.15, 0.2) is 6.10 Å². The average Bonchev–Trinajstić information content (AvgIpc) is 2.89. The Balaban J connectivity index is 2.05. The van der Waals surface area contributed by atoms with E-state index >= 15 is 0 Å². The fraction of sp³-hybridized carbons (Fsp3) is 0.412. The van der Waals surface area contributed by atoms with Crippen LogP contribution in [0.4, 0.5) is 5.69 Å². The quantitative estimate of drug-likeness (QED) is 0.882. The van der Waals surface area contributed by atoms with Gasteiger partial charge in [-0.3, -0.25) is 4.79 Å². The Morgan fingerprint density at radius 2 is 2.17 bits per heavy atom. The maximum atomic E-state index is 12.5. The standard InChI is InChI=1S/C17H20N2O4S/c1-9-17(22)19(7-13(21)8-20)14-6-12(4-5-15(14)23-9)16-10(2)24-11(3)18-16/h4-6,9,13,20-21H,7-8H2,1-3H3. The Kier molecular flexibility index (Phi) is 4.58. The van der Waals surface area contributed by atoms with Gasteiger partial charge in [0.25, 0.3) is 5.91 Å². The summed E-state index contributed by atoms with van der Waals surface area (Å²) >= 11 is 1.62. The van der Waals surface area contributed by atoms with Crippen molar-refractivity contribution in [1.29, 1.82) is 0 Å². The highest BCUT2D eigenvalue weighted by atomic mass is 32.1. The lowest BCUT2D eigenvalue weighted by Gasteiger charge is -2.34. The van der Waals surface area contributed by atoms with Crippen LogP contribution in [0.1, 0.15) is 16.8 Å². The summed E-state index contributed by atoms with van der Waals surface area (Å²) < 4.78 is 5.66. The second kappa shape index (κ2) is 6.51. The molecule has 2 atom stereocenters. The van der Waals surface area contributed by atoms with Crippen molar-refractivity contribution in [3.8, 4) is 17.0 Å². The molecule has 1 amide bonds. The Hall–Kier alpha value is -1.96. The summed E-state index contributed by atoms with van der Waals surface area (Å²) in [5.41, 5.74) is 2.37. The van der Waals surface area contributed by atoms with Crippen molar-refractivity contribution in [2.75, 3.05) is 18.1 Å². The summed E-state index contributed by atoms with van der Waals surface area (Å²) in [7, 11) is 0. The first-order chi connectivity index (χ1) is 11.4. The zero-order chi connectivity index (χ0) is 17.4. The van der Waals surface area contributed by atoms with Gasteiger partial charge in [-0.1, -0.05) is 0 Å². The highest BCUT2D eigenvalue weighted by Gasteiger charge is 2.33. The topological polar surface area (TPSA) is 82.9 Å². The predicted octanol–water partition coefficient (Wildman–Crippen LogP) is 1.89. The molecule has 0 bridgehead atoms. The minimum atomic E-state index is -1.00. The van der Waals surface area contributed by atoms with Crippen LogP contribution < -0.4 is 9.64 Å². The number of amides is 1. The van der Waals surface area contributed by atoms with Gasteiger partial charge in [-0.15, -0.1) is 11.3 Å². The SMILES string of the molecule is Cc1nc(-c2ccc3c(c2)N(CC(O)CO)C(=O)C(C)O3)c(C)s1. The lowest BCUT2D eigenvalue weighted by molar-refractivity contribution is -0.126. The molecule has 1 aliphatic heterocycles. The molecule has 128 valence electrons. The number of carbonyl (C=O) groups excluding carboxylic acids is 1. The van der Waals surface area contributed by atoms with Crippen LogP contribution in [-0.4, -0.2) is 46.5 Å². The molecule has 1 aromatic heterocycles. The molecular weight excluding hydrogens is 328 g/mol. The maximum absolute atomic E-state index is 12.5. The number of aliphatic hydroxyl groups is 2. The molecule has 0 spiro atoms. The maximum Gasteiger partial charge on any atom is 0.267 e. The molecule has 0 radical (unpaired) electrons. The minimum Gasteiger partial charge on any atom is -0.479 e. The van der Waals surface area contributed by atoms with Crippen molar-refractivity contribution in [2.45, 2.75) is 33.0 Å². The number of aromatic nitrogens is 1. The molecule has 0 fully saturated rings. The van der Waals surface area contributed by atoms with E-state index in [9.17, 15) is 9.90 Å². The molecule has 6 nitrogen and oxygen atoms in total. The number of hydrogen-bond donors (Lipinski definition) is 2. The van der Waals surface area contributed by atoms with Gasteiger partial charge in [-0.05, 0) is 39.0 Å². The van der Waals surface area contributed by atoms with E-state index in [2.05, 4.69) is 4.98 Å². The summed E-state index contributed by atoms with van der Waals surface area (Å²) in [6, 6.07) is 5.59. The first-order valence-electron chi connectivity index (χ1n) is 7.76. The van der Waals surface area contributed by atoms with Crippen LogP contribution in [0.25, 0.3) is 11.3 Å². The molecule has 2 N–H and O–H groups in total. The monoisotopic (exact) mass is 348 g/mol. The van der Waals surface area contributed by atoms with Crippen LogP contribution in [-0.2, 0) is 4.79 Å². The zero-order valence-corrected chi connectivity index (χ0v) is 14.6. The fourth-order valence-corrected chi connectivity index (χ4v) is 3.65. The van der Waals surface area contributed by atoms with E-state index in [1.807, 2.05) is 32.0 Å². The third-order valence-electron chi connectivity index (χ3n) is 3.95. The van der Waals surface area contributed by atoms with Crippen molar-refractivity contribution >= 4 is 22.9 Å². The number of hydrogen-bond acceptors (Lipinski definition) is 6. The van der Waals surface area contributed by atoms with Crippen molar-refractivity contribution in [3.63, 3.8) is 0 Å². The van der Waals surface area contributed by atoms with E-state index in [1.165, 1.54) is 4.90 Å². The fourth-order valence-electron chi connectivity index (χ4n) is 2.81. The molecule has 7 heteroatoms. The number of aliphatic hydroxyl groups excluding tert-OH is 2. The Morgan fingerprint density at radius 1 is 1.42 bits per heavy atom. The van der Waals surface area contributed by atoms with Gasteiger partial charge >= 0.3 is 0 Å². The van der Waals surface area contributed by atoms with Gasteiger partial charge < -0.3 is 19.8 Å². The average molecular weight is 348 g/mol. The number of thiazole rings is 1. The Bertz CT molecular complexity index is 774. The zero-order valence-electron chi connectivity index (χ0n) is 13.8. The van der Waals surface area contributed by atoms with E-state index in [0.717, 1.165) is 21.1 Å². The summed E-state index contributed by atoms with van der Waals surface area (Å²) in [5, 5.41) is 19.9. The molecular formula is C17H20N2O4S. The summed E-state index contributed by atoms with van der Waals surface area (Å²) in [6.07, 6.45) is -1.63. The number of rotatable bonds is 4. The summed E-state index contributed by atoms with van der Waals surface area (Å²) in [6.45, 7) is 5.26. The molecule has 1 aliphatic rings. The van der Waals surface area contributed by atoms with Crippen molar-refractivity contribution in [2.24, 2.45) is 0 Å². The molecule has 0 aliphatic carbocycles. The molecule has 0 saturated heterocycles. The van der Waals surface area contributed by atoms with Gasteiger partial charge in [0, 0.05) is 10.4 Å². The second-order valence-electron chi connectivity index (χ2n) is 5.87. The van der Waals surface area contributed by atoms with Crippen LogP contribution in [0.5, 0.6) is 5.75 Å². The number of ether oxygens (including phenoxy) is 1. The number of aryl methyl sites for hydroxylation is 2. The van der Waals surface area contributed by atoms with E-state index in [4.69, 9.17) is 9.84 Å². The molecule has 0 saturated carbocycles. The smallest absolute Gasteiger partial charge is 0.267 e. The number of anilines is 1. The van der Waals surface area contributed by atoms with Crippen LogP contribution >= 0.6 is 11.3 Å². The summed E-state index contributed by atoms with van der Waals surface area (Å²) in [5.74, 6) is 0.346.